The average molecular weight is 230 g/mol. The SMILES string of the molecule is CNC1CC(c2ccc(Br)o2)C1. The van der Waals surface area contributed by atoms with Crippen molar-refractivity contribution in [1.29, 1.82) is 0 Å². The van der Waals surface area contributed by atoms with Crippen molar-refractivity contribution in [2.24, 2.45) is 0 Å². The second kappa shape index (κ2) is 3.23. The topological polar surface area (TPSA) is 25.2 Å². The molecule has 1 saturated carbocycles. The molecule has 1 N–H and O–H groups in total. The molecule has 12 heavy (non-hydrogen) atoms. The van der Waals surface area contributed by atoms with Crippen LogP contribution in [-0.4, -0.2) is 13.1 Å². The van der Waals surface area contributed by atoms with Crippen molar-refractivity contribution in [3.05, 3.63) is 22.6 Å². The number of halogens is 1. The number of nitrogens with one attached hydrogen (secondary N) is 1. The maximum atomic E-state index is 5.47. The maximum Gasteiger partial charge on any atom is 0.169 e. The molecule has 0 aliphatic heterocycles. The van der Waals surface area contributed by atoms with Gasteiger partial charge in [0.25, 0.3) is 0 Å². The second-order valence-corrected chi connectivity index (χ2v) is 4.08. The van der Waals surface area contributed by atoms with Crippen LogP contribution in [0.2, 0.25) is 0 Å². The molecular formula is C9H12BrNO. The lowest BCUT2D eigenvalue weighted by Crippen LogP contribution is -2.37. The maximum absolute atomic E-state index is 5.47. The van der Waals surface area contributed by atoms with Crippen LogP contribution in [0, 0.1) is 0 Å². The van der Waals surface area contributed by atoms with Gasteiger partial charge in [-0.1, -0.05) is 0 Å². The number of hydrogen-bond acceptors (Lipinski definition) is 2. The van der Waals surface area contributed by atoms with Crippen molar-refractivity contribution in [2.75, 3.05) is 7.05 Å². The van der Waals surface area contributed by atoms with E-state index in [4.69, 9.17) is 4.42 Å². The molecule has 66 valence electrons. The monoisotopic (exact) mass is 229 g/mol. The quantitative estimate of drug-likeness (QED) is 0.844. The van der Waals surface area contributed by atoms with E-state index in [9.17, 15) is 0 Å². The summed E-state index contributed by atoms with van der Waals surface area (Å²) in [6, 6.07) is 4.71. The Balaban J connectivity index is 1.96. The Labute approximate surface area is 80.5 Å². The van der Waals surface area contributed by atoms with Gasteiger partial charge in [0.05, 0.1) is 0 Å². The summed E-state index contributed by atoms with van der Waals surface area (Å²) < 4.78 is 6.31. The van der Waals surface area contributed by atoms with Gasteiger partial charge in [-0.3, -0.25) is 0 Å². The van der Waals surface area contributed by atoms with Crippen molar-refractivity contribution in [3.8, 4) is 0 Å². The van der Waals surface area contributed by atoms with Gasteiger partial charge < -0.3 is 9.73 Å². The van der Waals surface area contributed by atoms with Crippen LogP contribution >= 0.6 is 15.9 Å². The van der Waals surface area contributed by atoms with E-state index in [1.165, 1.54) is 12.8 Å². The third-order valence-corrected chi connectivity index (χ3v) is 2.97. The van der Waals surface area contributed by atoms with Gasteiger partial charge in [-0.25, -0.2) is 0 Å². The first kappa shape index (κ1) is 8.32. The lowest BCUT2D eigenvalue weighted by atomic mass is 9.79. The Morgan fingerprint density at radius 3 is 2.75 bits per heavy atom. The van der Waals surface area contributed by atoms with Crippen LogP contribution in [0.4, 0.5) is 0 Å². The zero-order valence-corrected chi connectivity index (χ0v) is 8.60. The lowest BCUT2D eigenvalue weighted by molar-refractivity contribution is 0.268. The summed E-state index contributed by atoms with van der Waals surface area (Å²) in [5.74, 6) is 1.75. The lowest BCUT2D eigenvalue weighted by Gasteiger charge is -2.33. The third-order valence-electron chi connectivity index (χ3n) is 2.54. The van der Waals surface area contributed by atoms with Crippen molar-refractivity contribution >= 4 is 15.9 Å². The fraction of sp³-hybridized carbons (Fsp3) is 0.556. The average Bonchev–Trinajstić information content (AvgIpc) is 2.34. The standard InChI is InChI=1S/C9H12BrNO/c1-11-7-4-6(5-7)8-2-3-9(10)12-8/h2-3,6-7,11H,4-5H2,1H3. The Morgan fingerprint density at radius 1 is 1.50 bits per heavy atom. The smallest absolute Gasteiger partial charge is 0.169 e. The van der Waals surface area contributed by atoms with Crippen LogP contribution in [0.25, 0.3) is 0 Å². The van der Waals surface area contributed by atoms with E-state index in [1.807, 2.05) is 13.1 Å². The predicted octanol–water partition coefficient (Wildman–Crippen LogP) is 2.51. The fourth-order valence-corrected chi connectivity index (χ4v) is 1.95. The van der Waals surface area contributed by atoms with E-state index in [-0.39, 0.29) is 0 Å². The van der Waals surface area contributed by atoms with Crippen molar-refractivity contribution in [2.45, 2.75) is 24.8 Å². The Bertz CT molecular complexity index is 265. The Morgan fingerprint density at radius 2 is 2.25 bits per heavy atom. The number of hydrogen-bond donors (Lipinski definition) is 1. The van der Waals surface area contributed by atoms with E-state index >= 15 is 0 Å². The molecule has 1 heterocycles. The molecule has 1 aromatic rings. The van der Waals surface area contributed by atoms with Gasteiger partial charge in [-0.05, 0) is 48.0 Å². The minimum Gasteiger partial charge on any atom is -0.454 e. The molecule has 0 amide bonds. The number of rotatable bonds is 2. The predicted molar refractivity (Wildman–Crippen MR) is 51.2 cm³/mol. The van der Waals surface area contributed by atoms with E-state index in [2.05, 4.69) is 27.3 Å². The molecule has 0 saturated heterocycles. The Hall–Kier alpha value is -0.280. The van der Waals surface area contributed by atoms with Gasteiger partial charge in [-0.15, -0.1) is 0 Å². The largest absolute Gasteiger partial charge is 0.454 e. The molecule has 2 rings (SSSR count). The van der Waals surface area contributed by atoms with Crippen LogP contribution in [0.5, 0.6) is 0 Å². The zero-order valence-electron chi connectivity index (χ0n) is 7.01. The Kier molecular flexibility index (Phi) is 2.24. The minimum atomic E-state index is 0.633. The van der Waals surface area contributed by atoms with Crippen molar-refractivity contribution in [1.82, 2.24) is 5.32 Å². The highest BCUT2D eigenvalue weighted by atomic mass is 79.9. The summed E-state index contributed by atoms with van der Waals surface area (Å²) in [6.45, 7) is 0. The minimum absolute atomic E-state index is 0.633. The summed E-state index contributed by atoms with van der Waals surface area (Å²) in [5.41, 5.74) is 0. The van der Waals surface area contributed by atoms with E-state index < -0.39 is 0 Å². The van der Waals surface area contributed by atoms with Crippen LogP contribution in [0.1, 0.15) is 24.5 Å². The first-order chi connectivity index (χ1) is 5.79. The van der Waals surface area contributed by atoms with E-state index in [0.29, 0.717) is 12.0 Å². The first-order valence-corrected chi connectivity index (χ1v) is 5.01. The summed E-state index contributed by atoms with van der Waals surface area (Å²) in [7, 11) is 2.01. The molecule has 1 aromatic heterocycles. The molecule has 0 unspecified atom stereocenters. The summed E-state index contributed by atoms with van der Waals surface area (Å²) in [6.07, 6.45) is 2.41. The van der Waals surface area contributed by atoms with Gasteiger partial charge in [0.2, 0.25) is 0 Å². The molecule has 1 aliphatic carbocycles. The molecule has 3 heteroatoms. The normalized spacial score (nSPS) is 28.5. The van der Waals surface area contributed by atoms with Crippen molar-refractivity contribution < 1.29 is 4.42 Å². The summed E-state index contributed by atoms with van der Waals surface area (Å²) in [5, 5.41) is 3.25. The van der Waals surface area contributed by atoms with Gasteiger partial charge in [0, 0.05) is 12.0 Å². The van der Waals surface area contributed by atoms with Gasteiger partial charge in [-0.2, -0.15) is 0 Å². The van der Waals surface area contributed by atoms with E-state index in [0.717, 1.165) is 10.4 Å². The van der Waals surface area contributed by atoms with Gasteiger partial charge >= 0.3 is 0 Å². The summed E-state index contributed by atoms with van der Waals surface area (Å²) >= 11 is 3.30. The molecule has 0 bridgehead atoms. The van der Waals surface area contributed by atoms with Crippen molar-refractivity contribution in [3.63, 3.8) is 0 Å². The molecule has 0 spiro atoms. The van der Waals surface area contributed by atoms with Crippen LogP contribution in [-0.2, 0) is 0 Å². The molecule has 0 radical (unpaired) electrons. The summed E-state index contributed by atoms with van der Waals surface area (Å²) in [4.78, 5) is 0. The zero-order chi connectivity index (χ0) is 8.55. The highest BCUT2D eigenvalue weighted by Gasteiger charge is 2.31. The van der Waals surface area contributed by atoms with Crippen LogP contribution in [0.3, 0.4) is 0 Å². The highest BCUT2D eigenvalue weighted by molar-refractivity contribution is 9.10. The van der Waals surface area contributed by atoms with E-state index in [1.54, 1.807) is 0 Å². The molecule has 1 fully saturated rings. The molecule has 1 aliphatic rings. The second-order valence-electron chi connectivity index (χ2n) is 3.30. The molecule has 0 atom stereocenters. The molecule has 0 aromatic carbocycles. The molecule has 2 nitrogen and oxygen atoms in total. The highest BCUT2D eigenvalue weighted by Crippen LogP contribution is 2.37. The third kappa shape index (κ3) is 1.43. The van der Waals surface area contributed by atoms with Gasteiger partial charge in [0.1, 0.15) is 5.76 Å². The van der Waals surface area contributed by atoms with Crippen LogP contribution in [0.15, 0.2) is 21.2 Å². The van der Waals surface area contributed by atoms with Gasteiger partial charge in [0.15, 0.2) is 4.67 Å². The number of furan rings is 1. The molecular weight excluding hydrogens is 218 g/mol. The fourth-order valence-electron chi connectivity index (χ4n) is 1.63. The van der Waals surface area contributed by atoms with Crippen LogP contribution < -0.4 is 5.32 Å². The first-order valence-electron chi connectivity index (χ1n) is 4.22.